The summed E-state index contributed by atoms with van der Waals surface area (Å²) in [5.74, 6) is 0.508. The van der Waals surface area contributed by atoms with Crippen LogP contribution in [0.15, 0.2) is 36.4 Å². The maximum Gasteiger partial charge on any atom is 0.306 e. The second kappa shape index (κ2) is 7.29. The normalized spacial score (nSPS) is 15.3. The maximum atomic E-state index is 11.1. The molecule has 0 amide bonds. The molecule has 6 heteroatoms. The van der Waals surface area contributed by atoms with Crippen LogP contribution in [0.25, 0.3) is 0 Å². The van der Waals surface area contributed by atoms with Crippen molar-refractivity contribution in [2.75, 3.05) is 23.3 Å². The predicted molar refractivity (Wildman–Crippen MR) is 93.7 cm³/mol. The zero-order valence-corrected chi connectivity index (χ0v) is 13.8. The lowest BCUT2D eigenvalue weighted by Crippen LogP contribution is -2.37. The highest BCUT2D eigenvalue weighted by Crippen LogP contribution is 2.24. The van der Waals surface area contributed by atoms with E-state index < -0.39 is 5.97 Å². The van der Waals surface area contributed by atoms with Gasteiger partial charge in [0.05, 0.1) is 5.92 Å². The smallest absolute Gasteiger partial charge is 0.306 e. The first-order valence-corrected chi connectivity index (χ1v) is 8.33. The van der Waals surface area contributed by atoms with Gasteiger partial charge in [0.1, 0.15) is 5.82 Å². The average Bonchev–Trinajstić information content (AvgIpc) is 2.62. The monoisotopic (exact) mass is 326 g/mol. The number of rotatable bonds is 5. The van der Waals surface area contributed by atoms with Gasteiger partial charge in [-0.3, -0.25) is 4.79 Å². The molecule has 0 atom stereocenters. The Hall–Kier alpha value is -2.63. The molecule has 1 aromatic heterocycles. The number of aromatic nitrogens is 2. The van der Waals surface area contributed by atoms with E-state index in [1.54, 1.807) is 0 Å². The number of nitrogens with one attached hydrogen (secondary N) is 1. The number of carboxylic acid groups (broad SMARTS) is 1. The van der Waals surface area contributed by atoms with Crippen molar-refractivity contribution in [1.82, 2.24) is 9.97 Å². The van der Waals surface area contributed by atoms with Crippen molar-refractivity contribution in [2.45, 2.75) is 26.2 Å². The van der Waals surface area contributed by atoms with Gasteiger partial charge in [0.25, 0.3) is 0 Å². The van der Waals surface area contributed by atoms with Crippen molar-refractivity contribution in [3.8, 4) is 0 Å². The predicted octanol–water partition coefficient (Wildman–Crippen LogP) is 3.08. The summed E-state index contributed by atoms with van der Waals surface area (Å²) >= 11 is 0. The molecule has 0 saturated carbocycles. The Morgan fingerprint density at radius 3 is 2.58 bits per heavy atom. The van der Waals surface area contributed by atoms with E-state index in [-0.39, 0.29) is 5.92 Å². The Balaban J connectivity index is 1.78. The zero-order chi connectivity index (χ0) is 16.9. The minimum atomic E-state index is -0.696. The molecular formula is C18H22N4O2. The van der Waals surface area contributed by atoms with Crippen molar-refractivity contribution in [3.63, 3.8) is 0 Å². The summed E-state index contributed by atoms with van der Waals surface area (Å²) in [6.07, 6.45) is 2.13. The van der Waals surface area contributed by atoms with Crippen molar-refractivity contribution in [2.24, 2.45) is 5.92 Å². The van der Waals surface area contributed by atoms with Gasteiger partial charge < -0.3 is 15.3 Å². The summed E-state index contributed by atoms with van der Waals surface area (Å²) < 4.78 is 0. The van der Waals surface area contributed by atoms with Crippen LogP contribution in [0.4, 0.5) is 17.5 Å². The molecule has 1 saturated heterocycles. The lowest BCUT2D eigenvalue weighted by Gasteiger charge is -2.31. The van der Waals surface area contributed by atoms with Crippen molar-refractivity contribution in [3.05, 3.63) is 42.1 Å². The third kappa shape index (κ3) is 3.82. The van der Waals surface area contributed by atoms with Crippen LogP contribution in [0.2, 0.25) is 0 Å². The second-order valence-electron chi connectivity index (χ2n) is 5.99. The first-order valence-electron chi connectivity index (χ1n) is 8.33. The number of carboxylic acids is 1. The van der Waals surface area contributed by atoms with Crippen LogP contribution in [0.5, 0.6) is 0 Å². The molecule has 1 aromatic carbocycles. The summed E-state index contributed by atoms with van der Waals surface area (Å²) in [4.78, 5) is 22.4. The van der Waals surface area contributed by atoms with Crippen molar-refractivity contribution in [1.29, 1.82) is 0 Å². The highest BCUT2D eigenvalue weighted by atomic mass is 16.4. The second-order valence-corrected chi connectivity index (χ2v) is 5.99. The fourth-order valence-corrected chi connectivity index (χ4v) is 2.89. The number of hydrogen-bond donors (Lipinski definition) is 2. The molecule has 1 aliphatic rings. The molecule has 1 fully saturated rings. The molecule has 0 radical (unpaired) electrons. The number of hydrogen-bond acceptors (Lipinski definition) is 5. The molecule has 6 nitrogen and oxygen atoms in total. The van der Waals surface area contributed by atoms with Gasteiger partial charge in [0.2, 0.25) is 5.95 Å². The van der Waals surface area contributed by atoms with E-state index in [2.05, 4.69) is 27.1 Å². The van der Waals surface area contributed by atoms with Gasteiger partial charge in [0.15, 0.2) is 0 Å². The molecule has 0 aliphatic carbocycles. The van der Waals surface area contributed by atoms with Gasteiger partial charge in [-0.15, -0.1) is 0 Å². The number of aliphatic carboxylic acids is 1. The van der Waals surface area contributed by atoms with E-state index in [1.165, 1.54) is 0 Å². The van der Waals surface area contributed by atoms with Crippen LogP contribution in [-0.2, 0) is 11.2 Å². The molecular weight excluding hydrogens is 304 g/mol. The first kappa shape index (κ1) is 16.2. The lowest BCUT2D eigenvalue weighted by molar-refractivity contribution is -0.142. The summed E-state index contributed by atoms with van der Waals surface area (Å²) in [6.45, 7) is 3.49. The van der Waals surface area contributed by atoms with Gasteiger partial charge in [-0.2, -0.15) is 4.98 Å². The van der Waals surface area contributed by atoms with E-state index in [0.29, 0.717) is 31.9 Å². The highest BCUT2D eigenvalue weighted by Gasteiger charge is 2.25. The molecule has 2 N–H and O–H groups in total. The molecule has 0 unspecified atom stereocenters. The van der Waals surface area contributed by atoms with Crippen LogP contribution >= 0.6 is 0 Å². The number of aryl methyl sites for hydroxylation is 1. The quantitative estimate of drug-likeness (QED) is 0.879. The number of benzene rings is 1. The number of anilines is 3. The first-order chi connectivity index (χ1) is 11.7. The Bertz CT molecular complexity index is 697. The highest BCUT2D eigenvalue weighted by molar-refractivity contribution is 5.70. The third-order valence-corrected chi connectivity index (χ3v) is 4.33. The number of nitrogens with zero attached hydrogens (tertiary/aromatic N) is 3. The molecule has 0 bridgehead atoms. The fraction of sp³-hybridized carbons (Fsp3) is 0.389. The average molecular weight is 326 g/mol. The molecule has 2 heterocycles. The van der Waals surface area contributed by atoms with Crippen LogP contribution in [0.3, 0.4) is 0 Å². The zero-order valence-electron chi connectivity index (χ0n) is 13.8. The van der Waals surface area contributed by atoms with Crippen molar-refractivity contribution >= 4 is 23.4 Å². The van der Waals surface area contributed by atoms with E-state index in [4.69, 9.17) is 5.11 Å². The maximum absolute atomic E-state index is 11.1. The van der Waals surface area contributed by atoms with Gasteiger partial charge in [-0.25, -0.2) is 4.98 Å². The Labute approximate surface area is 141 Å². The van der Waals surface area contributed by atoms with E-state index in [0.717, 1.165) is 23.6 Å². The SMILES string of the molecule is CCc1cc(N2CCC(C(=O)O)CC2)nc(Nc2ccccc2)n1. The summed E-state index contributed by atoms with van der Waals surface area (Å²) in [6, 6.07) is 11.8. The number of carbonyl (C=O) groups is 1. The summed E-state index contributed by atoms with van der Waals surface area (Å²) in [5, 5.41) is 12.4. The van der Waals surface area contributed by atoms with Gasteiger partial charge in [-0.05, 0) is 31.4 Å². The van der Waals surface area contributed by atoms with Crippen molar-refractivity contribution < 1.29 is 9.90 Å². The molecule has 126 valence electrons. The molecule has 2 aromatic rings. The minimum Gasteiger partial charge on any atom is -0.481 e. The van der Waals surface area contributed by atoms with Crippen LogP contribution < -0.4 is 10.2 Å². The third-order valence-electron chi connectivity index (χ3n) is 4.33. The summed E-state index contributed by atoms with van der Waals surface area (Å²) in [5.41, 5.74) is 1.92. The molecule has 0 spiro atoms. The van der Waals surface area contributed by atoms with E-state index >= 15 is 0 Å². The van der Waals surface area contributed by atoms with E-state index in [1.807, 2.05) is 36.4 Å². The lowest BCUT2D eigenvalue weighted by atomic mass is 9.97. The van der Waals surface area contributed by atoms with Gasteiger partial charge >= 0.3 is 5.97 Å². The molecule has 3 rings (SSSR count). The minimum absolute atomic E-state index is 0.240. The fourth-order valence-electron chi connectivity index (χ4n) is 2.89. The standard InChI is InChI=1S/C18H22N4O2/c1-2-14-12-16(22-10-8-13(9-11-22)17(23)24)21-18(19-14)20-15-6-4-3-5-7-15/h3-7,12-13H,2,8-11H2,1H3,(H,23,24)(H,19,20,21). The summed E-state index contributed by atoms with van der Waals surface area (Å²) in [7, 11) is 0. The van der Waals surface area contributed by atoms with E-state index in [9.17, 15) is 4.79 Å². The largest absolute Gasteiger partial charge is 0.481 e. The van der Waals surface area contributed by atoms with Gasteiger partial charge in [0, 0.05) is 30.5 Å². The Morgan fingerprint density at radius 1 is 1.25 bits per heavy atom. The topological polar surface area (TPSA) is 78.4 Å². The van der Waals surface area contributed by atoms with Crippen LogP contribution in [0.1, 0.15) is 25.5 Å². The van der Waals surface area contributed by atoms with Gasteiger partial charge in [-0.1, -0.05) is 25.1 Å². The number of piperidine rings is 1. The van der Waals surface area contributed by atoms with Crippen LogP contribution in [0, 0.1) is 5.92 Å². The Morgan fingerprint density at radius 2 is 1.96 bits per heavy atom. The van der Waals surface area contributed by atoms with Crippen LogP contribution in [-0.4, -0.2) is 34.1 Å². The Kier molecular flexibility index (Phi) is 4.93. The molecule has 1 aliphatic heterocycles. The molecule has 24 heavy (non-hydrogen) atoms. The number of para-hydroxylation sites is 1.